The number of carbonyl (C=O) groups is 1. The van der Waals surface area contributed by atoms with Crippen molar-refractivity contribution in [2.45, 2.75) is 19.4 Å². The molecule has 0 radical (unpaired) electrons. The summed E-state index contributed by atoms with van der Waals surface area (Å²) in [6.45, 7) is 1.88. The molecule has 1 atom stereocenters. The molecule has 0 fully saturated rings. The van der Waals surface area contributed by atoms with Crippen molar-refractivity contribution in [2.75, 3.05) is 29.8 Å². The lowest BCUT2D eigenvalue weighted by Crippen LogP contribution is -2.47. The van der Waals surface area contributed by atoms with Gasteiger partial charge in [-0.25, -0.2) is 8.42 Å². The molecule has 1 aliphatic rings. The highest BCUT2D eigenvalue weighted by molar-refractivity contribution is 7.92. The summed E-state index contributed by atoms with van der Waals surface area (Å²) >= 11 is 0. The highest BCUT2D eigenvalue weighted by Crippen LogP contribution is 2.34. The monoisotopic (exact) mass is 406 g/mol. The van der Waals surface area contributed by atoms with E-state index < -0.39 is 22.0 Å². The van der Waals surface area contributed by atoms with Gasteiger partial charge in [0.05, 0.1) is 19.1 Å². The first-order chi connectivity index (χ1) is 13.3. The summed E-state index contributed by atoms with van der Waals surface area (Å²) < 4.78 is 41.9. The van der Waals surface area contributed by atoms with Crippen LogP contribution in [0.5, 0.6) is 17.2 Å². The zero-order valence-electron chi connectivity index (χ0n) is 15.8. The summed E-state index contributed by atoms with van der Waals surface area (Å²) in [6, 6.07) is 10.7. The molecule has 1 heterocycles. The molecule has 0 saturated heterocycles. The van der Waals surface area contributed by atoms with Gasteiger partial charge in [-0.1, -0.05) is 13.0 Å². The van der Waals surface area contributed by atoms with Gasteiger partial charge in [-0.15, -0.1) is 0 Å². The Morgan fingerprint density at radius 1 is 1.21 bits per heavy atom. The molecule has 0 saturated carbocycles. The number of carbonyl (C=O) groups excluding carboxylic acids is 1. The third-order valence-corrected chi connectivity index (χ3v) is 5.46. The second-order valence-corrected chi connectivity index (χ2v) is 8.10. The van der Waals surface area contributed by atoms with Gasteiger partial charge in [0, 0.05) is 17.8 Å². The first-order valence-corrected chi connectivity index (χ1v) is 10.5. The maximum atomic E-state index is 12.9. The van der Waals surface area contributed by atoms with Crippen molar-refractivity contribution in [3.8, 4) is 17.2 Å². The summed E-state index contributed by atoms with van der Waals surface area (Å²) in [5.41, 5.74) is 0.848. The minimum absolute atomic E-state index is 0.127. The van der Waals surface area contributed by atoms with Crippen LogP contribution >= 0.6 is 0 Å². The molecule has 0 bridgehead atoms. The van der Waals surface area contributed by atoms with E-state index in [2.05, 4.69) is 5.32 Å². The summed E-state index contributed by atoms with van der Waals surface area (Å²) in [6.07, 6.45) is 1.35. The topological polar surface area (TPSA) is 94.2 Å². The van der Waals surface area contributed by atoms with E-state index in [0.717, 1.165) is 10.6 Å². The van der Waals surface area contributed by atoms with E-state index in [4.69, 9.17) is 14.2 Å². The van der Waals surface area contributed by atoms with Crippen LogP contribution in [0, 0.1) is 0 Å². The van der Waals surface area contributed by atoms with E-state index in [9.17, 15) is 13.2 Å². The Labute approximate surface area is 164 Å². The zero-order valence-corrected chi connectivity index (χ0v) is 16.7. The quantitative estimate of drug-likeness (QED) is 0.760. The van der Waals surface area contributed by atoms with Crippen LogP contribution in [0.2, 0.25) is 0 Å². The van der Waals surface area contributed by atoms with Gasteiger partial charge in [-0.2, -0.15) is 0 Å². The number of benzene rings is 2. The molecule has 1 aliphatic heterocycles. The SMILES string of the molecule is CCC(C(=O)Nc1ccc2c(c1)OCO2)N(c1cccc(OC)c1)S(C)(=O)=O. The lowest BCUT2D eigenvalue weighted by molar-refractivity contribution is -0.117. The van der Waals surface area contributed by atoms with Crippen LogP contribution in [0.4, 0.5) is 11.4 Å². The number of fused-ring (bicyclic) bond motifs is 1. The van der Waals surface area contributed by atoms with Gasteiger partial charge in [0.1, 0.15) is 11.8 Å². The van der Waals surface area contributed by atoms with Crippen LogP contribution in [-0.4, -0.2) is 40.5 Å². The van der Waals surface area contributed by atoms with Crippen molar-refractivity contribution in [2.24, 2.45) is 0 Å². The van der Waals surface area contributed by atoms with Gasteiger partial charge in [0.15, 0.2) is 11.5 Å². The zero-order chi connectivity index (χ0) is 20.3. The molecule has 150 valence electrons. The highest BCUT2D eigenvalue weighted by Gasteiger charge is 2.32. The molecule has 8 nitrogen and oxygen atoms in total. The number of hydrogen-bond donors (Lipinski definition) is 1. The number of ether oxygens (including phenoxy) is 3. The predicted octanol–water partition coefficient (Wildman–Crippen LogP) is 2.61. The number of nitrogens with zero attached hydrogens (tertiary/aromatic N) is 1. The third kappa shape index (κ3) is 4.14. The minimum Gasteiger partial charge on any atom is -0.497 e. The summed E-state index contributed by atoms with van der Waals surface area (Å²) in [4.78, 5) is 12.9. The number of nitrogens with one attached hydrogen (secondary N) is 1. The highest BCUT2D eigenvalue weighted by atomic mass is 32.2. The summed E-state index contributed by atoms with van der Waals surface area (Å²) in [5, 5.41) is 2.76. The normalized spacial score (nSPS) is 13.7. The van der Waals surface area contributed by atoms with E-state index in [1.54, 1.807) is 49.4 Å². The fourth-order valence-corrected chi connectivity index (χ4v) is 4.21. The fraction of sp³-hybridized carbons (Fsp3) is 0.316. The van der Waals surface area contributed by atoms with Crippen LogP contribution in [-0.2, 0) is 14.8 Å². The number of anilines is 2. The van der Waals surface area contributed by atoms with Crippen LogP contribution < -0.4 is 23.8 Å². The van der Waals surface area contributed by atoms with Crippen molar-refractivity contribution in [3.05, 3.63) is 42.5 Å². The molecule has 1 amide bonds. The van der Waals surface area contributed by atoms with E-state index in [1.807, 2.05) is 0 Å². The largest absolute Gasteiger partial charge is 0.497 e. The van der Waals surface area contributed by atoms with E-state index in [-0.39, 0.29) is 13.2 Å². The first-order valence-electron chi connectivity index (χ1n) is 8.67. The first kappa shape index (κ1) is 19.8. The van der Waals surface area contributed by atoms with Crippen molar-refractivity contribution < 1.29 is 27.4 Å². The Morgan fingerprint density at radius 3 is 2.64 bits per heavy atom. The number of methoxy groups -OCH3 is 1. The Balaban J connectivity index is 1.90. The maximum absolute atomic E-state index is 12.9. The molecule has 2 aromatic rings. The lowest BCUT2D eigenvalue weighted by Gasteiger charge is -2.30. The van der Waals surface area contributed by atoms with Gasteiger partial charge in [-0.3, -0.25) is 9.10 Å². The number of rotatable bonds is 7. The number of sulfonamides is 1. The van der Waals surface area contributed by atoms with Crippen LogP contribution in [0.25, 0.3) is 0 Å². The second-order valence-electron chi connectivity index (χ2n) is 6.24. The summed E-state index contributed by atoms with van der Waals surface area (Å²) in [7, 11) is -2.24. The van der Waals surface area contributed by atoms with E-state index in [1.165, 1.54) is 7.11 Å². The molecule has 28 heavy (non-hydrogen) atoms. The fourth-order valence-electron chi connectivity index (χ4n) is 3.01. The lowest BCUT2D eigenvalue weighted by atomic mass is 10.1. The van der Waals surface area contributed by atoms with Crippen LogP contribution in [0.1, 0.15) is 13.3 Å². The van der Waals surface area contributed by atoms with Crippen molar-refractivity contribution >= 4 is 27.3 Å². The van der Waals surface area contributed by atoms with Crippen molar-refractivity contribution in [1.29, 1.82) is 0 Å². The van der Waals surface area contributed by atoms with Gasteiger partial charge < -0.3 is 19.5 Å². The molecule has 3 rings (SSSR count). The molecule has 1 unspecified atom stereocenters. The third-order valence-electron chi connectivity index (χ3n) is 4.28. The Bertz CT molecular complexity index is 976. The van der Waals surface area contributed by atoms with Crippen molar-refractivity contribution in [3.63, 3.8) is 0 Å². The van der Waals surface area contributed by atoms with Gasteiger partial charge >= 0.3 is 0 Å². The molecular weight excluding hydrogens is 384 g/mol. The number of amides is 1. The maximum Gasteiger partial charge on any atom is 0.248 e. The molecular formula is C19H22N2O6S. The smallest absolute Gasteiger partial charge is 0.248 e. The van der Waals surface area contributed by atoms with E-state index >= 15 is 0 Å². The number of hydrogen-bond acceptors (Lipinski definition) is 6. The second kappa shape index (κ2) is 7.97. The molecule has 0 aromatic heterocycles. The minimum atomic E-state index is -3.73. The van der Waals surface area contributed by atoms with Gasteiger partial charge in [-0.05, 0) is 30.7 Å². The average Bonchev–Trinajstić information content (AvgIpc) is 3.12. The summed E-state index contributed by atoms with van der Waals surface area (Å²) in [5.74, 6) is 1.17. The van der Waals surface area contributed by atoms with Crippen molar-refractivity contribution in [1.82, 2.24) is 0 Å². The van der Waals surface area contributed by atoms with Crippen LogP contribution in [0.3, 0.4) is 0 Å². The molecule has 9 heteroatoms. The molecule has 2 aromatic carbocycles. The van der Waals surface area contributed by atoms with Gasteiger partial charge in [0.2, 0.25) is 22.7 Å². The Kier molecular flexibility index (Phi) is 5.64. The predicted molar refractivity (Wildman–Crippen MR) is 106 cm³/mol. The van der Waals surface area contributed by atoms with E-state index in [0.29, 0.717) is 28.6 Å². The molecule has 0 spiro atoms. The Morgan fingerprint density at radius 2 is 1.96 bits per heavy atom. The standard InChI is InChI=1S/C19H22N2O6S/c1-4-16(19(22)20-13-8-9-17-18(10-13)27-12-26-17)21(28(3,23)24)14-6-5-7-15(11-14)25-2/h5-11,16H,4,12H2,1-3H3,(H,20,22). The van der Waals surface area contributed by atoms with Crippen LogP contribution in [0.15, 0.2) is 42.5 Å². The average molecular weight is 406 g/mol. The molecule has 1 N–H and O–H groups in total. The van der Waals surface area contributed by atoms with Gasteiger partial charge in [0.25, 0.3) is 0 Å². The molecule has 0 aliphatic carbocycles. The Hall–Kier alpha value is -2.94.